The fraction of sp³-hybridized carbons (Fsp3) is 0.462. The fourth-order valence-corrected chi connectivity index (χ4v) is 8.00. The molecule has 0 saturated heterocycles. The van der Waals surface area contributed by atoms with Crippen molar-refractivity contribution < 1.29 is 13.5 Å². The quantitative estimate of drug-likeness (QED) is 0.217. The number of halogens is 2. The normalized spacial score (nSPS) is 27.5. The molecule has 3 aliphatic rings. The van der Waals surface area contributed by atoms with Crippen molar-refractivity contribution in [1.29, 1.82) is 0 Å². The highest BCUT2D eigenvalue weighted by Gasteiger charge is 2.44. The Morgan fingerprint density at radius 3 is 2.94 bits per heavy atom. The third-order valence-electron chi connectivity index (χ3n) is 8.01. The molecule has 6 atom stereocenters. The van der Waals surface area contributed by atoms with Gasteiger partial charge in [0.15, 0.2) is 0 Å². The standard InChI is InChI=1S/C26H31ClIN2O3PS/c1-2-24(33-34-28)21-8-5-18(21)14-30-15-26(11-3-4-17-12-19(27)6-9-22(17)26)16-32-25-10-7-20(35(29)31)13-23(25)30/h2,6-7,9-10,12-13,18,21,24,34H,1,3-5,8,11,14-16,29H2/t18-,21+,24-,26-,35?/m0/s1. The number of aryl methyl sites for hydroxylation is 1. The predicted molar refractivity (Wildman–Crippen MR) is 154 cm³/mol. The molecule has 0 amide bonds. The van der Waals surface area contributed by atoms with E-state index >= 15 is 0 Å². The zero-order chi connectivity index (χ0) is 24.6. The van der Waals surface area contributed by atoms with Gasteiger partial charge in [0.05, 0.1) is 29.7 Å². The van der Waals surface area contributed by atoms with Crippen molar-refractivity contribution in [2.75, 3.05) is 24.6 Å². The summed E-state index contributed by atoms with van der Waals surface area (Å²) in [5.74, 6) is 1.79. The first-order chi connectivity index (χ1) is 16.9. The topological polar surface area (TPSA) is 64.8 Å². The Balaban J connectivity index is 1.52. The molecule has 2 unspecified atom stereocenters. The third-order valence-corrected chi connectivity index (χ3v) is 10.1. The predicted octanol–water partition coefficient (Wildman–Crippen LogP) is 6.34. The molecule has 0 aromatic heterocycles. The minimum absolute atomic E-state index is 0.0843. The maximum absolute atomic E-state index is 12.1. The van der Waals surface area contributed by atoms with Crippen LogP contribution in [0.3, 0.4) is 0 Å². The van der Waals surface area contributed by atoms with Crippen molar-refractivity contribution in [2.24, 2.45) is 17.0 Å². The number of nitrogens with two attached hydrogens (primary N) is 1. The number of ether oxygens (including phenoxy) is 1. The zero-order valence-corrected chi connectivity index (χ0v) is 24.3. The summed E-state index contributed by atoms with van der Waals surface area (Å²) in [5, 5.41) is 6.56. The molecule has 0 radical (unpaired) electrons. The first-order valence-electron chi connectivity index (χ1n) is 12.0. The van der Waals surface area contributed by atoms with Gasteiger partial charge in [-0.1, -0.05) is 23.7 Å². The Morgan fingerprint density at radius 2 is 2.23 bits per heavy atom. The molecule has 5 nitrogen and oxygen atoms in total. The summed E-state index contributed by atoms with van der Waals surface area (Å²) in [6.07, 6.45) is 7.57. The van der Waals surface area contributed by atoms with E-state index in [0.29, 0.717) is 29.8 Å². The summed E-state index contributed by atoms with van der Waals surface area (Å²) in [5.41, 5.74) is 3.52. The van der Waals surface area contributed by atoms with Gasteiger partial charge in [0.1, 0.15) is 16.7 Å². The van der Waals surface area contributed by atoms with Crippen LogP contribution in [0.4, 0.5) is 5.69 Å². The van der Waals surface area contributed by atoms with E-state index in [4.69, 9.17) is 26.0 Å². The third kappa shape index (κ3) is 5.19. The highest BCUT2D eigenvalue weighted by molar-refractivity contribution is 14.2. The summed E-state index contributed by atoms with van der Waals surface area (Å²) in [4.78, 5) is 3.08. The van der Waals surface area contributed by atoms with Crippen LogP contribution in [0.25, 0.3) is 0 Å². The van der Waals surface area contributed by atoms with Crippen molar-refractivity contribution in [3.05, 3.63) is 65.2 Å². The average Bonchev–Trinajstić information content (AvgIpc) is 2.98. The lowest BCUT2D eigenvalue weighted by Gasteiger charge is -2.46. The smallest absolute Gasteiger partial charge is 0.142 e. The monoisotopic (exact) mass is 644 g/mol. The zero-order valence-electron chi connectivity index (χ0n) is 19.6. The maximum atomic E-state index is 12.1. The van der Waals surface area contributed by atoms with Gasteiger partial charge in [-0.25, -0.2) is 9.35 Å². The minimum Gasteiger partial charge on any atom is -0.490 e. The van der Waals surface area contributed by atoms with E-state index in [1.807, 2.05) is 30.3 Å². The van der Waals surface area contributed by atoms with E-state index in [9.17, 15) is 4.21 Å². The summed E-state index contributed by atoms with van der Waals surface area (Å²) < 4.78 is 24.7. The van der Waals surface area contributed by atoms with Gasteiger partial charge < -0.3 is 14.2 Å². The fourth-order valence-electron chi connectivity index (χ4n) is 6.12. The van der Waals surface area contributed by atoms with Crippen molar-refractivity contribution in [3.8, 4) is 5.75 Å². The van der Waals surface area contributed by atoms with Crippen LogP contribution >= 0.6 is 40.1 Å². The molecular weight excluding hydrogens is 614 g/mol. The Labute approximate surface area is 230 Å². The Kier molecular flexibility index (Phi) is 8.12. The number of benzene rings is 2. The minimum atomic E-state index is -1.55. The van der Waals surface area contributed by atoms with E-state index in [2.05, 4.69) is 45.7 Å². The molecule has 1 saturated carbocycles. The van der Waals surface area contributed by atoms with Crippen LogP contribution in [0.5, 0.6) is 5.75 Å². The molecule has 2 aromatic carbocycles. The molecule has 2 aliphatic carbocycles. The molecule has 1 heterocycles. The summed E-state index contributed by atoms with van der Waals surface area (Å²) in [6.45, 7) is 6.79. The largest absolute Gasteiger partial charge is 0.490 e. The van der Waals surface area contributed by atoms with Crippen molar-refractivity contribution in [1.82, 2.24) is 0 Å². The van der Waals surface area contributed by atoms with E-state index in [1.165, 1.54) is 11.1 Å². The van der Waals surface area contributed by atoms with Crippen LogP contribution in [0.2, 0.25) is 5.02 Å². The summed E-state index contributed by atoms with van der Waals surface area (Å²) in [7, 11) is -1.55. The molecule has 188 valence electrons. The van der Waals surface area contributed by atoms with E-state index in [0.717, 1.165) is 61.7 Å². The molecule has 1 spiro atoms. The molecule has 5 rings (SSSR count). The second-order valence-electron chi connectivity index (χ2n) is 9.93. The second kappa shape index (κ2) is 11.0. The van der Waals surface area contributed by atoms with Gasteiger partial charge >= 0.3 is 0 Å². The molecular formula is C26H31ClIN2O3PS. The van der Waals surface area contributed by atoms with Crippen LogP contribution in [0.1, 0.15) is 36.8 Å². The van der Waals surface area contributed by atoms with Gasteiger partial charge in [-0.3, -0.25) is 0 Å². The molecule has 2 N–H and O–H groups in total. The van der Waals surface area contributed by atoms with Crippen molar-refractivity contribution >= 4 is 56.8 Å². The van der Waals surface area contributed by atoms with Crippen LogP contribution in [-0.2, 0) is 27.3 Å². The number of nitrogens with zero attached hydrogens (tertiary/aromatic N) is 1. The molecule has 2 aromatic rings. The second-order valence-corrected chi connectivity index (χ2v) is 13.1. The van der Waals surface area contributed by atoms with Crippen LogP contribution in [0.15, 0.2) is 53.9 Å². The van der Waals surface area contributed by atoms with Gasteiger partial charge in [0.2, 0.25) is 0 Å². The number of anilines is 1. The number of fused-ring (bicyclic) bond motifs is 3. The first kappa shape index (κ1) is 25.9. The van der Waals surface area contributed by atoms with Crippen molar-refractivity contribution in [3.63, 3.8) is 0 Å². The van der Waals surface area contributed by atoms with Crippen LogP contribution < -0.4 is 14.8 Å². The highest BCUT2D eigenvalue weighted by Crippen LogP contribution is 2.47. The lowest BCUT2D eigenvalue weighted by molar-refractivity contribution is 0.0731. The van der Waals surface area contributed by atoms with Gasteiger partial charge in [-0.05, 0) is 107 Å². The van der Waals surface area contributed by atoms with Gasteiger partial charge in [0, 0.05) is 23.5 Å². The number of rotatable bonds is 7. The van der Waals surface area contributed by atoms with Gasteiger partial charge in [-0.15, -0.1) is 6.58 Å². The highest BCUT2D eigenvalue weighted by atomic mass is 127. The SMILES string of the molecule is C=C[C@H](OPI)[C@@H]1CC[C@H]1CN1C[C@@]2(CCCc3cc(Cl)ccc32)COc2ccc(S(N)=O)cc21. The molecule has 1 fully saturated rings. The lowest BCUT2D eigenvalue weighted by Crippen LogP contribution is -2.49. The number of hydrogen-bond donors (Lipinski definition) is 1. The molecule has 35 heavy (non-hydrogen) atoms. The first-order valence-corrected chi connectivity index (χ1v) is 17.7. The summed E-state index contributed by atoms with van der Waals surface area (Å²) >= 11 is 8.65. The van der Waals surface area contributed by atoms with E-state index < -0.39 is 11.0 Å². The summed E-state index contributed by atoms with van der Waals surface area (Å²) in [6, 6.07) is 12.0. The lowest BCUT2D eigenvalue weighted by atomic mass is 9.68. The molecule has 9 heteroatoms. The van der Waals surface area contributed by atoms with E-state index in [1.54, 1.807) is 0 Å². The van der Waals surface area contributed by atoms with E-state index in [-0.39, 0.29) is 11.5 Å². The van der Waals surface area contributed by atoms with Crippen molar-refractivity contribution in [2.45, 2.75) is 48.5 Å². The maximum Gasteiger partial charge on any atom is 0.142 e. The van der Waals surface area contributed by atoms with Gasteiger partial charge in [-0.2, -0.15) is 0 Å². The Hall–Kier alpha value is -0.700. The number of hydrogen-bond acceptors (Lipinski definition) is 4. The van der Waals surface area contributed by atoms with Gasteiger partial charge in [0.25, 0.3) is 0 Å². The van der Waals surface area contributed by atoms with Crippen LogP contribution in [-0.4, -0.2) is 30.0 Å². The van der Waals surface area contributed by atoms with Crippen LogP contribution in [0, 0.1) is 11.8 Å². The Morgan fingerprint density at radius 1 is 1.37 bits per heavy atom. The Bertz CT molecular complexity index is 1140. The molecule has 0 bridgehead atoms. The average molecular weight is 645 g/mol. The molecule has 1 aliphatic heterocycles.